The molecule has 1 aliphatic heterocycles. The highest BCUT2D eigenvalue weighted by Crippen LogP contribution is 2.32. The van der Waals surface area contributed by atoms with Crippen LogP contribution in [-0.4, -0.2) is 17.6 Å². The third-order valence-corrected chi connectivity index (χ3v) is 3.27. The van der Waals surface area contributed by atoms with Crippen LogP contribution in [0.1, 0.15) is 23.5 Å². The quantitative estimate of drug-likeness (QED) is 0.743. The summed E-state index contributed by atoms with van der Waals surface area (Å²) >= 11 is 0. The van der Waals surface area contributed by atoms with Crippen molar-refractivity contribution >= 4 is 16.9 Å². The average molecular weight is 215 g/mol. The molecule has 1 saturated heterocycles. The molecule has 0 aliphatic carbocycles. The molecule has 0 spiro atoms. The number of hydrogen-bond acceptors (Lipinski definition) is 2. The fraction of sp³-hybridized carbons (Fsp3) is 0.308. The Labute approximate surface area is 93.4 Å². The van der Waals surface area contributed by atoms with E-state index in [-0.39, 0.29) is 11.9 Å². The van der Waals surface area contributed by atoms with Crippen molar-refractivity contribution in [3.63, 3.8) is 0 Å². The van der Waals surface area contributed by atoms with Gasteiger partial charge in [-0.05, 0) is 24.5 Å². The Bertz CT molecular complexity index is 556. The Morgan fingerprint density at radius 3 is 3.06 bits per heavy atom. The molecule has 0 radical (unpaired) electrons. The second-order valence-electron chi connectivity index (χ2n) is 4.25. The predicted octanol–water partition coefficient (Wildman–Crippen LogP) is 2.51. The van der Waals surface area contributed by atoms with Gasteiger partial charge >= 0.3 is 5.97 Å². The van der Waals surface area contributed by atoms with Crippen molar-refractivity contribution in [2.24, 2.45) is 0 Å². The smallest absolute Gasteiger partial charge is 0.313 e. The molecule has 3 nitrogen and oxygen atoms in total. The number of hydrogen-bond donors (Lipinski definition) is 1. The van der Waals surface area contributed by atoms with E-state index in [0.29, 0.717) is 6.61 Å². The van der Waals surface area contributed by atoms with Gasteiger partial charge in [0.05, 0.1) is 12.5 Å². The number of carbonyl (C=O) groups is 1. The monoisotopic (exact) mass is 215 g/mol. The number of aryl methyl sites for hydroxylation is 1. The summed E-state index contributed by atoms with van der Waals surface area (Å²) in [6.45, 7) is 2.61. The molecular weight excluding hydrogens is 202 g/mol. The topological polar surface area (TPSA) is 42.1 Å². The van der Waals surface area contributed by atoms with Crippen LogP contribution in [0.25, 0.3) is 10.9 Å². The Kier molecular flexibility index (Phi) is 1.99. The van der Waals surface area contributed by atoms with E-state index < -0.39 is 0 Å². The van der Waals surface area contributed by atoms with E-state index in [9.17, 15) is 4.79 Å². The number of carbonyl (C=O) groups excluding carboxylic acids is 1. The Balaban J connectivity index is 2.17. The Hall–Kier alpha value is -1.77. The highest BCUT2D eigenvalue weighted by Gasteiger charge is 2.30. The first kappa shape index (κ1) is 9.46. The van der Waals surface area contributed by atoms with Gasteiger partial charge in [0, 0.05) is 17.1 Å². The lowest BCUT2D eigenvalue weighted by molar-refractivity contribution is -0.139. The highest BCUT2D eigenvalue weighted by molar-refractivity contribution is 5.92. The summed E-state index contributed by atoms with van der Waals surface area (Å²) < 4.78 is 5.02. The van der Waals surface area contributed by atoms with Gasteiger partial charge in [0.1, 0.15) is 0 Å². The standard InChI is InChI=1S/C13H13NO2/c1-8-3-2-4-9-11(7-14-12(8)9)10-5-6-16-13(10)15/h2-4,7,10,14H,5-6H2,1H3/t10-/m1/s1. The minimum Gasteiger partial charge on any atom is -0.465 e. The van der Waals surface area contributed by atoms with Crippen LogP contribution in [-0.2, 0) is 9.53 Å². The van der Waals surface area contributed by atoms with Crippen molar-refractivity contribution in [2.75, 3.05) is 6.61 Å². The largest absolute Gasteiger partial charge is 0.465 e. The van der Waals surface area contributed by atoms with Gasteiger partial charge in [0.25, 0.3) is 0 Å². The number of cyclic esters (lactones) is 1. The number of aromatic nitrogens is 1. The van der Waals surface area contributed by atoms with Gasteiger partial charge in [-0.25, -0.2) is 0 Å². The van der Waals surface area contributed by atoms with E-state index in [0.717, 1.165) is 22.9 Å². The lowest BCUT2D eigenvalue weighted by atomic mass is 9.97. The van der Waals surface area contributed by atoms with Crippen LogP contribution in [0.2, 0.25) is 0 Å². The van der Waals surface area contributed by atoms with Gasteiger partial charge in [-0.1, -0.05) is 18.2 Å². The number of nitrogens with one attached hydrogen (secondary N) is 1. The van der Waals surface area contributed by atoms with Crippen molar-refractivity contribution in [2.45, 2.75) is 19.3 Å². The molecule has 2 aromatic rings. The van der Waals surface area contributed by atoms with Crippen LogP contribution in [0.4, 0.5) is 0 Å². The molecule has 1 atom stereocenters. The number of esters is 1. The SMILES string of the molecule is Cc1cccc2c([C@H]3CCOC3=O)c[nH]c12. The van der Waals surface area contributed by atoms with Gasteiger partial charge in [-0.2, -0.15) is 0 Å². The maximum absolute atomic E-state index is 11.6. The zero-order valence-electron chi connectivity index (χ0n) is 9.12. The zero-order chi connectivity index (χ0) is 11.1. The molecule has 16 heavy (non-hydrogen) atoms. The fourth-order valence-electron chi connectivity index (χ4n) is 2.39. The maximum Gasteiger partial charge on any atom is 0.313 e. The van der Waals surface area contributed by atoms with Crippen LogP contribution in [0.15, 0.2) is 24.4 Å². The van der Waals surface area contributed by atoms with Crippen LogP contribution in [0, 0.1) is 6.92 Å². The van der Waals surface area contributed by atoms with E-state index >= 15 is 0 Å². The lowest BCUT2D eigenvalue weighted by Crippen LogP contribution is -2.04. The summed E-state index contributed by atoms with van der Waals surface area (Å²) in [6.07, 6.45) is 2.73. The molecule has 1 aromatic carbocycles. The molecule has 1 N–H and O–H groups in total. The third-order valence-electron chi connectivity index (χ3n) is 3.27. The predicted molar refractivity (Wildman–Crippen MR) is 61.4 cm³/mol. The summed E-state index contributed by atoms with van der Waals surface area (Å²) in [5.74, 6) is -0.182. The molecule has 1 aromatic heterocycles. The number of rotatable bonds is 1. The van der Waals surface area contributed by atoms with E-state index in [1.165, 1.54) is 5.56 Å². The molecule has 2 heterocycles. The number of benzene rings is 1. The molecule has 0 bridgehead atoms. The summed E-state index contributed by atoms with van der Waals surface area (Å²) in [4.78, 5) is 14.8. The molecule has 0 unspecified atom stereocenters. The van der Waals surface area contributed by atoms with Crippen LogP contribution >= 0.6 is 0 Å². The van der Waals surface area contributed by atoms with Gasteiger partial charge in [0.2, 0.25) is 0 Å². The van der Waals surface area contributed by atoms with E-state index in [1.807, 2.05) is 12.3 Å². The summed E-state index contributed by atoms with van der Waals surface area (Å²) in [5, 5.41) is 1.14. The van der Waals surface area contributed by atoms with Crippen LogP contribution in [0.3, 0.4) is 0 Å². The van der Waals surface area contributed by atoms with Gasteiger partial charge in [-0.3, -0.25) is 4.79 Å². The first-order valence-corrected chi connectivity index (χ1v) is 5.50. The van der Waals surface area contributed by atoms with Crippen molar-refractivity contribution < 1.29 is 9.53 Å². The number of H-pyrrole nitrogens is 1. The molecule has 82 valence electrons. The molecule has 3 heteroatoms. The first-order chi connectivity index (χ1) is 7.77. The van der Waals surface area contributed by atoms with E-state index in [4.69, 9.17) is 4.74 Å². The Morgan fingerprint density at radius 1 is 1.44 bits per heavy atom. The normalized spacial score (nSPS) is 20.3. The van der Waals surface area contributed by atoms with Crippen LogP contribution in [0.5, 0.6) is 0 Å². The van der Waals surface area contributed by atoms with Crippen LogP contribution < -0.4 is 0 Å². The molecular formula is C13H13NO2. The highest BCUT2D eigenvalue weighted by atomic mass is 16.5. The molecule has 1 aliphatic rings. The second-order valence-corrected chi connectivity index (χ2v) is 4.25. The molecule has 1 fully saturated rings. The number of para-hydroxylation sites is 1. The zero-order valence-corrected chi connectivity index (χ0v) is 9.12. The molecule has 0 saturated carbocycles. The van der Waals surface area contributed by atoms with Crippen molar-refractivity contribution in [1.29, 1.82) is 0 Å². The summed E-state index contributed by atoms with van der Waals surface area (Å²) in [5.41, 5.74) is 3.40. The second kappa shape index (κ2) is 3.37. The Morgan fingerprint density at radius 2 is 2.31 bits per heavy atom. The number of aromatic amines is 1. The van der Waals surface area contributed by atoms with Gasteiger partial charge in [0.15, 0.2) is 0 Å². The minimum atomic E-state index is -0.0950. The summed E-state index contributed by atoms with van der Waals surface area (Å²) in [6, 6.07) is 6.14. The minimum absolute atomic E-state index is 0.0875. The van der Waals surface area contributed by atoms with E-state index in [1.54, 1.807) is 0 Å². The maximum atomic E-state index is 11.6. The average Bonchev–Trinajstić information content (AvgIpc) is 2.84. The summed E-state index contributed by atoms with van der Waals surface area (Å²) in [7, 11) is 0. The number of ether oxygens (including phenoxy) is 1. The van der Waals surface area contributed by atoms with Crippen molar-refractivity contribution in [1.82, 2.24) is 4.98 Å². The third kappa shape index (κ3) is 1.24. The number of fused-ring (bicyclic) bond motifs is 1. The molecule has 3 rings (SSSR count). The van der Waals surface area contributed by atoms with Gasteiger partial charge < -0.3 is 9.72 Å². The van der Waals surface area contributed by atoms with Crippen molar-refractivity contribution in [3.05, 3.63) is 35.5 Å². The lowest BCUT2D eigenvalue weighted by Gasteiger charge is -2.03. The fourth-order valence-corrected chi connectivity index (χ4v) is 2.39. The first-order valence-electron chi connectivity index (χ1n) is 5.50. The molecule has 0 amide bonds. The van der Waals surface area contributed by atoms with Gasteiger partial charge in [-0.15, -0.1) is 0 Å². The van der Waals surface area contributed by atoms with Crippen molar-refractivity contribution in [3.8, 4) is 0 Å². The van der Waals surface area contributed by atoms with E-state index in [2.05, 4.69) is 24.0 Å².